The highest BCUT2D eigenvalue weighted by Gasteiger charge is 2.33. The van der Waals surface area contributed by atoms with Crippen molar-refractivity contribution < 1.29 is 9.90 Å². The molecule has 1 fully saturated rings. The van der Waals surface area contributed by atoms with Crippen LogP contribution in [0.25, 0.3) is 17.0 Å². The Labute approximate surface area is 170 Å². The van der Waals surface area contributed by atoms with E-state index in [9.17, 15) is 9.90 Å². The van der Waals surface area contributed by atoms with Crippen LogP contribution in [0.2, 0.25) is 0 Å². The summed E-state index contributed by atoms with van der Waals surface area (Å²) >= 11 is 0. The number of carbonyl (C=O) groups excluding carboxylic acids is 1. The first kappa shape index (κ1) is 19.5. The summed E-state index contributed by atoms with van der Waals surface area (Å²) in [6.45, 7) is 5.66. The molecule has 3 N–H and O–H groups in total. The summed E-state index contributed by atoms with van der Waals surface area (Å²) in [7, 11) is 0. The van der Waals surface area contributed by atoms with E-state index in [1.165, 1.54) is 6.20 Å². The van der Waals surface area contributed by atoms with Crippen molar-refractivity contribution in [3.05, 3.63) is 47.7 Å². The minimum Gasteiger partial charge on any atom is -0.390 e. The van der Waals surface area contributed by atoms with E-state index in [0.717, 1.165) is 37.0 Å². The number of pyridine rings is 1. The molecule has 7 heteroatoms. The second-order valence-electron chi connectivity index (χ2n) is 8.52. The molecule has 0 radical (unpaired) electrons. The standard InChI is InChI=1S/C22H27N5O2/c1-13-25-19(17-6-4-5-11-27(13)17)21-24-12-16(20(23)28)18(26-21)14-7-9-15(10-8-14)22(2,3)29/h4-6,11-12,14-15,29H,7-10H2,1-3H3,(H2,23,28). The van der Waals surface area contributed by atoms with E-state index < -0.39 is 11.5 Å². The quantitative estimate of drug-likeness (QED) is 0.708. The average molecular weight is 393 g/mol. The molecule has 0 aromatic carbocycles. The van der Waals surface area contributed by atoms with E-state index in [2.05, 4.69) is 9.97 Å². The van der Waals surface area contributed by atoms with Crippen LogP contribution in [0.5, 0.6) is 0 Å². The maximum absolute atomic E-state index is 12.0. The predicted octanol–water partition coefficient (Wildman–Crippen LogP) is 3.24. The van der Waals surface area contributed by atoms with Crippen molar-refractivity contribution in [2.45, 2.75) is 58.0 Å². The molecular formula is C22H27N5O2. The fourth-order valence-electron chi connectivity index (χ4n) is 4.44. The molecular weight excluding hydrogens is 366 g/mol. The highest BCUT2D eigenvalue weighted by Crippen LogP contribution is 2.40. The van der Waals surface area contributed by atoms with Crippen LogP contribution in [0, 0.1) is 12.8 Å². The van der Waals surface area contributed by atoms with Crippen LogP contribution in [0.15, 0.2) is 30.6 Å². The summed E-state index contributed by atoms with van der Waals surface area (Å²) in [6, 6.07) is 5.89. The van der Waals surface area contributed by atoms with Crippen LogP contribution >= 0.6 is 0 Å². The van der Waals surface area contributed by atoms with Gasteiger partial charge in [0.1, 0.15) is 11.5 Å². The summed E-state index contributed by atoms with van der Waals surface area (Å²) in [5.41, 5.74) is 7.63. The highest BCUT2D eigenvalue weighted by atomic mass is 16.3. The van der Waals surface area contributed by atoms with Gasteiger partial charge >= 0.3 is 0 Å². The van der Waals surface area contributed by atoms with Crippen molar-refractivity contribution in [3.63, 3.8) is 0 Å². The Balaban J connectivity index is 1.73. The molecule has 1 aliphatic rings. The van der Waals surface area contributed by atoms with E-state index >= 15 is 0 Å². The van der Waals surface area contributed by atoms with Crippen LogP contribution in [0.1, 0.15) is 67.3 Å². The molecule has 3 heterocycles. The van der Waals surface area contributed by atoms with E-state index in [-0.39, 0.29) is 11.8 Å². The molecule has 152 valence electrons. The summed E-state index contributed by atoms with van der Waals surface area (Å²) in [5, 5.41) is 10.3. The Hall–Kier alpha value is -2.80. The number of carbonyl (C=O) groups is 1. The summed E-state index contributed by atoms with van der Waals surface area (Å²) in [6.07, 6.45) is 6.97. The first-order chi connectivity index (χ1) is 13.8. The Kier molecular flexibility index (Phi) is 4.86. The molecule has 0 saturated heterocycles. The fraction of sp³-hybridized carbons (Fsp3) is 0.455. The number of imidazole rings is 1. The lowest BCUT2D eigenvalue weighted by Gasteiger charge is -2.35. The molecule has 0 spiro atoms. The van der Waals surface area contributed by atoms with Crippen LogP contribution < -0.4 is 5.73 Å². The lowest BCUT2D eigenvalue weighted by Crippen LogP contribution is -2.34. The molecule has 29 heavy (non-hydrogen) atoms. The molecule has 0 atom stereocenters. The van der Waals surface area contributed by atoms with Crippen LogP contribution in [0.4, 0.5) is 0 Å². The number of amides is 1. The molecule has 1 amide bonds. The van der Waals surface area contributed by atoms with Gasteiger partial charge in [-0.05, 0) is 64.5 Å². The van der Waals surface area contributed by atoms with Gasteiger partial charge in [0.05, 0.1) is 22.4 Å². The number of aryl methyl sites for hydroxylation is 1. The predicted molar refractivity (Wildman–Crippen MR) is 110 cm³/mol. The second kappa shape index (κ2) is 7.22. The Morgan fingerprint density at radius 3 is 2.59 bits per heavy atom. The molecule has 3 aromatic heterocycles. The normalized spacial score (nSPS) is 20.1. The molecule has 3 aromatic rings. The van der Waals surface area contributed by atoms with Crippen molar-refractivity contribution >= 4 is 11.4 Å². The van der Waals surface area contributed by atoms with E-state index in [0.29, 0.717) is 22.8 Å². The number of nitrogens with two attached hydrogens (primary N) is 1. The number of fused-ring (bicyclic) bond motifs is 1. The number of hydrogen-bond acceptors (Lipinski definition) is 5. The lowest BCUT2D eigenvalue weighted by atomic mass is 9.73. The monoisotopic (exact) mass is 393 g/mol. The van der Waals surface area contributed by atoms with Crippen molar-refractivity contribution in [1.29, 1.82) is 0 Å². The number of aromatic nitrogens is 4. The van der Waals surface area contributed by atoms with Crippen LogP contribution in [-0.2, 0) is 0 Å². The third-order valence-corrected chi connectivity index (χ3v) is 6.13. The smallest absolute Gasteiger partial charge is 0.252 e. The molecule has 1 saturated carbocycles. The Morgan fingerprint density at radius 1 is 1.21 bits per heavy atom. The summed E-state index contributed by atoms with van der Waals surface area (Å²) in [4.78, 5) is 25.9. The van der Waals surface area contributed by atoms with Crippen LogP contribution in [0.3, 0.4) is 0 Å². The third kappa shape index (κ3) is 3.62. The van der Waals surface area contributed by atoms with Crippen molar-refractivity contribution in [2.75, 3.05) is 0 Å². The average Bonchev–Trinajstić information content (AvgIpc) is 3.04. The van der Waals surface area contributed by atoms with E-state index in [1.54, 1.807) is 0 Å². The van der Waals surface area contributed by atoms with Gasteiger partial charge in [0, 0.05) is 18.3 Å². The maximum atomic E-state index is 12.0. The highest BCUT2D eigenvalue weighted by molar-refractivity contribution is 5.94. The van der Waals surface area contributed by atoms with E-state index in [4.69, 9.17) is 10.7 Å². The fourth-order valence-corrected chi connectivity index (χ4v) is 4.44. The SMILES string of the molecule is Cc1nc(-c2ncc(C(N)=O)c(C3CCC(C(C)(C)O)CC3)n2)c2ccccn12. The van der Waals surface area contributed by atoms with Gasteiger partial charge in [-0.1, -0.05) is 6.07 Å². The zero-order valence-corrected chi connectivity index (χ0v) is 17.1. The Morgan fingerprint density at radius 2 is 1.93 bits per heavy atom. The molecule has 4 rings (SSSR count). The molecule has 0 unspecified atom stereocenters. The zero-order chi connectivity index (χ0) is 20.8. The number of rotatable bonds is 4. The van der Waals surface area contributed by atoms with Crippen LogP contribution in [-0.4, -0.2) is 36.0 Å². The number of primary amides is 1. The first-order valence-corrected chi connectivity index (χ1v) is 10.1. The number of nitrogens with zero attached hydrogens (tertiary/aromatic N) is 4. The van der Waals surface area contributed by atoms with Gasteiger partial charge < -0.3 is 15.2 Å². The van der Waals surface area contributed by atoms with Gasteiger partial charge in [0.25, 0.3) is 5.91 Å². The van der Waals surface area contributed by atoms with Crippen molar-refractivity contribution in [2.24, 2.45) is 11.7 Å². The van der Waals surface area contributed by atoms with E-state index in [1.807, 2.05) is 49.6 Å². The van der Waals surface area contributed by atoms with Gasteiger partial charge in [0.2, 0.25) is 0 Å². The summed E-state index contributed by atoms with van der Waals surface area (Å²) in [5.74, 6) is 1.21. The van der Waals surface area contributed by atoms with Gasteiger partial charge in [-0.2, -0.15) is 0 Å². The van der Waals surface area contributed by atoms with Gasteiger partial charge in [-0.15, -0.1) is 0 Å². The zero-order valence-electron chi connectivity index (χ0n) is 17.1. The summed E-state index contributed by atoms with van der Waals surface area (Å²) < 4.78 is 1.99. The van der Waals surface area contributed by atoms with Gasteiger partial charge in [-0.25, -0.2) is 15.0 Å². The molecule has 1 aliphatic carbocycles. The first-order valence-electron chi connectivity index (χ1n) is 10.1. The Bertz CT molecular complexity index is 1060. The molecule has 0 bridgehead atoms. The van der Waals surface area contributed by atoms with Gasteiger partial charge in [-0.3, -0.25) is 4.79 Å². The topological polar surface area (TPSA) is 106 Å². The van der Waals surface area contributed by atoms with Gasteiger partial charge in [0.15, 0.2) is 5.82 Å². The minimum atomic E-state index is -0.693. The number of hydrogen-bond donors (Lipinski definition) is 2. The molecule has 7 nitrogen and oxygen atoms in total. The van der Waals surface area contributed by atoms with Crippen molar-refractivity contribution in [3.8, 4) is 11.5 Å². The minimum absolute atomic E-state index is 0.118. The largest absolute Gasteiger partial charge is 0.390 e. The lowest BCUT2D eigenvalue weighted by molar-refractivity contribution is -0.00177. The van der Waals surface area contributed by atoms with Crippen molar-refractivity contribution in [1.82, 2.24) is 19.4 Å². The maximum Gasteiger partial charge on any atom is 0.252 e. The third-order valence-electron chi connectivity index (χ3n) is 6.13. The second-order valence-corrected chi connectivity index (χ2v) is 8.52. The number of aliphatic hydroxyl groups is 1. The molecule has 0 aliphatic heterocycles.